The van der Waals surface area contributed by atoms with Crippen molar-refractivity contribution in [2.75, 3.05) is 6.54 Å². The maximum absolute atomic E-state index is 5.59. The number of imidazole rings is 1. The summed E-state index contributed by atoms with van der Waals surface area (Å²) >= 11 is 0. The number of guanidine groups is 1. The fourth-order valence-electron chi connectivity index (χ4n) is 2.85. The third kappa shape index (κ3) is 6.14. The molecule has 0 aliphatic carbocycles. The molecular formula is C22H24IN7O. The molecule has 2 N–H and O–H groups in total. The van der Waals surface area contributed by atoms with E-state index in [1.54, 1.807) is 18.8 Å². The first-order valence-corrected chi connectivity index (χ1v) is 9.77. The van der Waals surface area contributed by atoms with Gasteiger partial charge in [0.05, 0.1) is 18.8 Å². The largest absolute Gasteiger partial charge is 0.444 e. The van der Waals surface area contributed by atoms with Gasteiger partial charge >= 0.3 is 0 Å². The summed E-state index contributed by atoms with van der Waals surface area (Å²) in [4.78, 5) is 17.7. The predicted octanol–water partition coefficient (Wildman–Crippen LogP) is 3.80. The van der Waals surface area contributed by atoms with Crippen molar-refractivity contribution < 1.29 is 4.42 Å². The minimum atomic E-state index is 0. The SMILES string of the molecule is CCNC(=NCc1ccc(-n2ccnc2)nc1)NCc1coc(-c2ccccc2)n1.I. The molecular weight excluding hydrogens is 505 g/mol. The van der Waals surface area contributed by atoms with Crippen molar-refractivity contribution in [2.45, 2.75) is 20.0 Å². The summed E-state index contributed by atoms with van der Waals surface area (Å²) in [5.74, 6) is 2.14. The number of nitrogens with one attached hydrogen (secondary N) is 2. The highest BCUT2D eigenvalue weighted by atomic mass is 127. The molecule has 3 heterocycles. The van der Waals surface area contributed by atoms with Crippen LogP contribution in [0.25, 0.3) is 17.3 Å². The first-order chi connectivity index (χ1) is 14.8. The topological polar surface area (TPSA) is 93.2 Å². The molecule has 0 fully saturated rings. The summed E-state index contributed by atoms with van der Waals surface area (Å²) in [7, 11) is 0. The average molecular weight is 529 g/mol. The Morgan fingerprint density at radius 2 is 2.00 bits per heavy atom. The van der Waals surface area contributed by atoms with Crippen LogP contribution in [-0.4, -0.2) is 32.0 Å². The van der Waals surface area contributed by atoms with E-state index in [0.717, 1.165) is 29.2 Å². The molecule has 3 aromatic heterocycles. The van der Waals surface area contributed by atoms with Crippen LogP contribution in [0, 0.1) is 0 Å². The van der Waals surface area contributed by atoms with E-state index in [9.17, 15) is 0 Å². The van der Waals surface area contributed by atoms with Gasteiger partial charge < -0.3 is 15.1 Å². The molecule has 1 aromatic carbocycles. The number of oxazole rings is 1. The van der Waals surface area contributed by atoms with Gasteiger partial charge in [-0.15, -0.1) is 24.0 Å². The summed E-state index contributed by atoms with van der Waals surface area (Å²) < 4.78 is 7.45. The van der Waals surface area contributed by atoms with E-state index in [4.69, 9.17) is 4.42 Å². The van der Waals surface area contributed by atoms with Gasteiger partial charge in [0.2, 0.25) is 5.89 Å². The Balaban J connectivity index is 0.00000272. The van der Waals surface area contributed by atoms with E-state index >= 15 is 0 Å². The number of aliphatic imine (C=N–C) groups is 1. The number of hydrogen-bond donors (Lipinski definition) is 2. The van der Waals surface area contributed by atoms with Crippen LogP contribution in [0.5, 0.6) is 0 Å². The smallest absolute Gasteiger partial charge is 0.226 e. The van der Waals surface area contributed by atoms with Crippen LogP contribution >= 0.6 is 24.0 Å². The third-order valence-electron chi connectivity index (χ3n) is 4.35. The fourth-order valence-corrected chi connectivity index (χ4v) is 2.85. The molecule has 0 saturated carbocycles. The van der Waals surface area contributed by atoms with Crippen LogP contribution < -0.4 is 10.6 Å². The Kier molecular flexibility index (Phi) is 8.16. The zero-order valence-electron chi connectivity index (χ0n) is 17.1. The first-order valence-electron chi connectivity index (χ1n) is 9.77. The Hall–Kier alpha value is -3.21. The molecule has 0 saturated heterocycles. The van der Waals surface area contributed by atoms with Crippen LogP contribution in [0.4, 0.5) is 0 Å². The predicted molar refractivity (Wildman–Crippen MR) is 130 cm³/mol. The molecule has 9 heteroatoms. The lowest BCUT2D eigenvalue weighted by Crippen LogP contribution is -2.36. The van der Waals surface area contributed by atoms with Crippen LogP contribution in [0.15, 0.2) is 83.1 Å². The van der Waals surface area contributed by atoms with Gasteiger partial charge in [-0.05, 0) is 30.7 Å². The Bertz CT molecular complexity index is 1080. The van der Waals surface area contributed by atoms with E-state index in [2.05, 4.69) is 30.6 Å². The fraction of sp³-hybridized carbons (Fsp3) is 0.182. The van der Waals surface area contributed by atoms with E-state index in [1.807, 2.05) is 66.3 Å². The molecule has 31 heavy (non-hydrogen) atoms. The van der Waals surface area contributed by atoms with Gasteiger partial charge in [-0.2, -0.15) is 0 Å². The Labute approximate surface area is 197 Å². The normalized spacial score (nSPS) is 11.1. The molecule has 0 atom stereocenters. The minimum Gasteiger partial charge on any atom is -0.444 e. The monoisotopic (exact) mass is 529 g/mol. The van der Waals surface area contributed by atoms with Gasteiger partial charge in [0.15, 0.2) is 5.96 Å². The Morgan fingerprint density at radius 3 is 2.71 bits per heavy atom. The quantitative estimate of drug-likeness (QED) is 0.215. The van der Waals surface area contributed by atoms with Gasteiger partial charge in [-0.1, -0.05) is 24.3 Å². The standard InChI is InChI=1S/C22H23N7O.HI/c1-2-24-22(26-13-17-8-9-20(25-12-17)29-11-10-23-16-29)27-14-19-15-30-21(28-19)18-6-4-3-5-7-18;/h3-12,15-16H,2,13-14H2,1H3,(H2,24,26,27);1H. The number of halogens is 1. The molecule has 0 aliphatic rings. The summed E-state index contributed by atoms with van der Waals surface area (Å²) in [6.45, 7) is 3.82. The molecule has 0 amide bonds. The van der Waals surface area contributed by atoms with E-state index < -0.39 is 0 Å². The molecule has 8 nitrogen and oxygen atoms in total. The van der Waals surface area contributed by atoms with Gasteiger partial charge in [0, 0.05) is 30.7 Å². The number of benzene rings is 1. The van der Waals surface area contributed by atoms with Gasteiger partial charge in [-0.25, -0.2) is 19.9 Å². The second-order valence-electron chi connectivity index (χ2n) is 6.55. The number of pyridine rings is 1. The van der Waals surface area contributed by atoms with E-state index in [-0.39, 0.29) is 24.0 Å². The third-order valence-corrected chi connectivity index (χ3v) is 4.35. The van der Waals surface area contributed by atoms with Crippen molar-refractivity contribution in [3.05, 3.63) is 84.9 Å². The van der Waals surface area contributed by atoms with Crippen LogP contribution in [0.1, 0.15) is 18.2 Å². The molecule has 0 bridgehead atoms. The van der Waals surface area contributed by atoms with Gasteiger partial charge in [-0.3, -0.25) is 4.57 Å². The first kappa shape index (κ1) is 22.5. The summed E-state index contributed by atoms with van der Waals surface area (Å²) in [6, 6.07) is 13.8. The molecule has 0 radical (unpaired) electrons. The highest BCUT2D eigenvalue weighted by Crippen LogP contribution is 2.17. The number of aromatic nitrogens is 4. The average Bonchev–Trinajstić information content (AvgIpc) is 3.49. The van der Waals surface area contributed by atoms with Crippen molar-refractivity contribution >= 4 is 29.9 Å². The summed E-state index contributed by atoms with van der Waals surface area (Å²) in [5.41, 5.74) is 2.78. The zero-order chi connectivity index (χ0) is 20.6. The van der Waals surface area contributed by atoms with Crippen molar-refractivity contribution in [3.8, 4) is 17.3 Å². The van der Waals surface area contributed by atoms with E-state index in [0.29, 0.717) is 24.9 Å². The van der Waals surface area contributed by atoms with Crippen LogP contribution in [0.2, 0.25) is 0 Å². The lowest BCUT2D eigenvalue weighted by atomic mass is 10.2. The zero-order valence-corrected chi connectivity index (χ0v) is 19.4. The Morgan fingerprint density at radius 1 is 1.13 bits per heavy atom. The molecule has 0 spiro atoms. The molecule has 160 valence electrons. The second-order valence-corrected chi connectivity index (χ2v) is 6.55. The van der Waals surface area contributed by atoms with Crippen LogP contribution in [-0.2, 0) is 13.1 Å². The van der Waals surface area contributed by atoms with E-state index in [1.165, 1.54) is 0 Å². The maximum atomic E-state index is 5.59. The molecule has 4 rings (SSSR count). The molecule has 0 unspecified atom stereocenters. The number of nitrogens with zero attached hydrogens (tertiary/aromatic N) is 5. The van der Waals surface area contributed by atoms with Crippen LogP contribution in [0.3, 0.4) is 0 Å². The van der Waals surface area contributed by atoms with Crippen molar-refractivity contribution in [1.82, 2.24) is 30.2 Å². The highest BCUT2D eigenvalue weighted by Gasteiger charge is 2.07. The molecule has 0 aliphatic heterocycles. The lowest BCUT2D eigenvalue weighted by Gasteiger charge is -2.10. The number of rotatable bonds is 7. The minimum absolute atomic E-state index is 0. The van der Waals surface area contributed by atoms with Gasteiger partial charge in [0.25, 0.3) is 0 Å². The summed E-state index contributed by atoms with van der Waals surface area (Å²) in [6.07, 6.45) is 8.80. The second kappa shape index (κ2) is 11.3. The lowest BCUT2D eigenvalue weighted by molar-refractivity contribution is 0.572. The number of hydrogen-bond acceptors (Lipinski definition) is 5. The molecule has 4 aromatic rings. The van der Waals surface area contributed by atoms with Crippen molar-refractivity contribution in [3.63, 3.8) is 0 Å². The van der Waals surface area contributed by atoms with Gasteiger partial charge in [0.1, 0.15) is 18.4 Å². The van der Waals surface area contributed by atoms with Crippen molar-refractivity contribution in [2.24, 2.45) is 4.99 Å². The summed E-state index contributed by atoms with van der Waals surface area (Å²) in [5, 5.41) is 6.53. The highest BCUT2D eigenvalue weighted by molar-refractivity contribution is 14.0. The maximum Gasteiger partial charge on any atom is 0.226 e. The van der Waals surface area contributed by atoms with Crippen molar-refractivity contribution in [1.29, 1.82) is 0 Å².